The number of nitrogens with zero attached hydrogens (tertiary/aromatic N) is 4. The summed E-state index contributed by atoms with van der Waals surface area (Å²) in [5.74, 6) is 0.778. The predicted octanol–water partition coefficient (Wildman–Crippen LogP) is 3.46. The van der Waals surface area contributed by atoms with Gasteiger partial charge < -0.3 is 9.64 Å². The molecular formula is C19H18N4O2S. The lowest BCUT2D eigenvalue weighted by Crippen LogP contribution is -2.17. The Hall–Kier alpha value is -2.93. The molecule has 3 aromatic heterocycles. The number of benzene rings is 1. The highest BCUT2D eigenvalue weighted by molar-refractivity contribution is 7.25. The molecule has 0 aliphatic rings. The zero-order valence-electron chi connectivity index (χ0n) is 14.8. The molecule has 26 heavy (non-hydrogen) atoms. The molecule has 0 saturated carbocycles. The van der Waals surface area contributed by atoms with Crippen molar-refractivity contribution in [2.75, 3.05) is 25.6 Å². The van der Waals surface area contributed by atoms with Gasteiger partial charge in [0.05, 0.1) is 28.9 Å². The summed E-state index contributed by atoms with van der Waals surface area (Å²) in [5.41, 5.74) is 2.37. The average Bonchev–Trinajstić information content (AvgIpc) is 3.03. The molecule has 0 bridgehead atoms. The Kier molecular flexibility index (Phi) is 4.08. The maximum atomic E-state index is 13.1. The molecule has 0 unspecified atom stereocenters. The highest BCUT2D eigenvalue weighted by atomic mass is 32.1. The van der Waals surface area contributed by atoms with E-state index in [1.54, 1.807) is 17.1 Å². The van der Waals surface area contributed by atoms with Gasteiger partial charge in [0.2, 0.25) is 0 Å². The smallest absolute Gasteiger partial charge is 0.275 e. The minimum absolute atomic E-state index is 0.0909. The largest absolute Gasteiger partial charge is 0.494 e. The Labute approximate surface area is 154 Å². The summed E-state index contributed by atoms with van der Waals surface area (Å²) in [7, 11) is 3.94. The molecular weight excluding hydrogens is 348 g/mol. The lowest BCUT2D eigenvalue weighted by Gasteiger charge is -2.13. The topological polar surface area (TPSA) is 60.2 Å². The van der Waals surface area contributed by atoms with Gasteiger partial charge in [0.15, 0.2) is 0 Å². The number of fused-ring (bicyclic) bond motifs is 3. The van der Waals surface area contributed by atoms with E-state index in [0.29, 0.717) is 16.8 Å². The van der Waals surface area contributed by atoms with Crippen LogP contribution in [0.1, 0.15) is 6.92 Å². The third kappa shape index (κ3) is 2.61. The minimum atomic E-state index is -0.0909. The van der Waals surface area contributed by atoms with Gasteiger partial charge in [0, 0.05) is 20.3 Å². The standard InChI is InChI=1S/C19H18N4O2S/c1-4-25-13-7-5-12(6-8-13)23-11-21-16-15-14(22(2)3)9-10-20-18(15)26-17(16)19(23)24/h5-11H,4H2,1-3H3. The van der Waals surface area contributed by atoms with Gasteiger partial charge in [-0.25, -0.2) is 9.97 Å². The number of anilines is 1. The summed E-state index contributed by atoms with van der Waals surface area (Å²) in [6.07, 6.45) is 3.34. The minimum Gasteiger partial charge on any atom is -0.494 e. The molecule has 0 radical (unpaired) electrons. The van der Waals surface area contributed by atoms with Crippen LogP contribution in [0.15, 0.2) is 47.7 Å². The second-order valence-electron chi connectivity index (χ2n) is 6.03. The maximum absolute atomic E-state index is 13.1. The molecule has 0 N–H and O–H groups in total. The molecule has 3 heterocycles. The average molecular weight is 366 g/mol. The number of thiophene rings is 1. The van der Waals surface area contributed by atoms with Gasteiger partial charge in [-0.3, -0.25) is 9.36 Å². The summed E-state index contributed by atoms with van der Waals surface area (Å²) in [6, 6.07) is 9.36. The number of ether oxygens (including phenoxy) is 1. The predicted molar refractivity (Wildman–Crippen MR) is 106 cm³/mol. The zero-order chi connectivity index (χ0) is 18.3. The van der Waals surface area contributed by atoms with Crippen molar-refractivity contribution in [2.45, 2.75) is 6.92 Å². The van der Waals surface area contributed by atoms with Gasteiger partial charge in [0.1, 0.15) is 21.6 Å². The SMILES string of the molecule is CCOc1ccc(-n2cnc3c(sc4nccc(N(C)C)c43)c2=O)cc1. The summed E-state index contributed by atoms with van der Waals surface area (Å²) in [4.78, 5) is 24.9. The van der Waals surface area contributed by atoms with E-state index < -0.39 is 0 Å². The molecule has 0 aliphatic heterocycles. The van der Waals surface area contributed by atoms with Gasteiger partial charge in [-0.15, -0.1) is 11.3 Å². The van der Waals surface area contributed by atoms with Crippen LogP contribution in [0.4, 0.5) is 5.69 Å². The number of hydrogen-bond donors (Lipinski definition) is 0. The van der Waals surface area contributed by atoms with Crippen LogP contribution >= 0.6 is 11.3 Å². The molecule has 0 saturated heterocycles. The third-order valence-corrected chi connectivity index (χ3v) is 5.24. The lowest BCUT2D eigenvalue weighted by molar-refractivity contribution is 0.340. The molecule has 4 aromatic rings. The van der Waals surface area contributed by atoms with E-state index in [-0.39, 0.29) is 5.56 Å². The van der Waals surface area contributed by atoms with E-state index >= 15 is 0 Å². The monoisotopic (exact) mass is 366 g/mol. The molecule has 6 nitrogen and oxygen atoms in total. The molecule has 1 aromatic carbocycles. The number of hydrogen-bond acceptors (Lipinski definition) is 6. The Morgan fingerprint density at radius 3 is 2.62 bits per heavy atom. The van der Waals surface area contributed by atoms with E-state index in [0.717, 1.165) is 27.3 Å². The summed E-state index contributed by atoms with van der Waals surface area (Å²) >= 11 is 1.38. The van der Waals surface area contributed by atoms with Crippen molar-refractivity contribution in [1.82, 2.24) is 14.5 Å². The van der Waals surface area contributed by atoms with Crippen LogP contribution in [0.5, 0.6) is 5.75 Å². The normalized spacial score (nSPS) is 11.2. The third-order valence-electron chi connectivity index (χ3n) is 4.17. The molecule has 7 heteroatoms. The first-order valence-electron chi connectivity index (χ1n) is 8.29. The fraction of sp³-hybridized carbons (Fsp3) is 0.211. The maximum Gasteiger partial charge on any atom is 0.275 e. The fourth-order valence-electron chi connectivity index (χ4n) is 2.96. The first-order valence-corrected chi connectivity index (χ1v) is 9.11. The van der Waals surface area contributed by atoms with Crippen LogP contribution in [0.2, 0.25) is 0 Å². The van der Waals surface area contributed by atoms with Gasteiger partial charge >= 0.3 is 0 Å². The first kappa shape index (κ1) is 16.5. The highest BCUT2D eigenvalue weighted by Gasteiger charge is 2.16. The Balaban J connectivity index is 1.91. The summed E-state index contributed by atoms with van der Waals surface area (Å²) in [6.45, 7) is 2.55. The molecule has 132 valence electrons. The van der Waals surface area contributed by atoms with Crippen molar-refractivity contribution in [2.24, 2.45) is 0 Å². The van der Waals surface area contributed by atoms with E-state index in [1.165, 1.54) is 11.3 Å². The van der Waals surface area contributed by atoms with E-state index in [4.69, 9.17) is 4.74 Å². The van der Waals surface area contributed by atoms with Crippen molar-refractivity contribution >= 4 is 37.5 Å². The highest BCUT2D eigenvalue weighted by Crippen LogP contribution is 2.35. The van der Waals surface area contributed by atoms with Crippen LogP contribution < -0.4 is 15.2 Å². The first-order chi connectivity index (χ1) is 12.6. The Morgan fingerprint density at radius 2 is 1.92 bits per heavy atom. The van der Waals surface area contributed by atoms with E-state index in [1.807, 2.05) is 56.3 Å². The fourth-order valence-corrected chi connectivity index (χ4v) is 4.01. The lowest BCUT2D eigenvalue weighted by atomic mass is 10.2. The van der Waals surface area contributed by atoms with Crippen LogP contribution in [-0.4, -0.2) is 35.2 Å². The molecule has 0 spiro atoms. The van der Waals surface area contributed by atoms with Gasteiger partial charge in [-0.1, -0.05) is 0 Å². The number of aromatic nitrogens is 3. The molecule has 0 amide bonds. The van der Waals surface area contributed by atoms with Gasteiger partial charge in [0.25, 0.3) is 5.56 Å². The van der Waals surface area contributed by atoms with Crippen LogP contribution in [0, 0.1) is 0 Å². The Bertz CT molecular complexity index is 1150. The summed E-state index contributed by atoms with van der Waals surface area (Å²) < 4.78 is 7.63. The van der Waals surface area contributed by atoms with Crippen molar-refractivity contribution < 1.29 is 4.74 Å². The second-order valence-corrected chi connectivity index (χ2v) is 7.03. The number of rotatable bonds is 4. The van der Waals surface area contributed by atoms with E-state index in [2.05, 4.69) is 9.97 Å². The van der Waals surface area contributed by atoms with Crippen molar-refractivity contribution in [3.63, 3.8) is 0 Å². The number of pyridine rings is 1. The van der Waals surface area contributed by atoms with Crippen molar-refractivity contribution in [3.05, 3.63) is 53.2 Å². The molecule has 0 atom stereocenters. The molecule has 0 fully saturated rings. The molecule has 0 aliphatic carbocycles. The van der Waals surface area contributed by atoms with Gasteiger partial charge in [-0.05, 0) is 37.3 Å². The van der Waals surface area contributed by atoms with Crippen LogP contribution in [-0.2, 0) is 0 Å². The zero-order valence-corrected chi connectivity index (χ0v) is 15.6. The van der Waals surface area contributed by atoms with Gasteiger partial charge in [-0.2, -0.15) is 0 Å². The van der Waals surface area contributed by atoms with Crippen molar-refractivity contribution in [1.29, 1.82) is 0 Å². The van der Waals surface area contributed by atoms with Crippen LogP contribution in [0.25, 0.3) is 26.1 Å². The molecule has 4 rings (SSSR count). The van der Waals surface area contributed by atoms with Crippen LogP contribution in [0.3, 0.4) is 0 Å². The van der Waals surface area contributed by atoms with Crippen molar-refractivity contribution in [3.8, 4) is 11.4 Å². The second kappa shape index (κ2) is 6.42. The van der Waals surface area contributed by atoms with E-state index in [9.17, 15) is 4.79 Å². The quantitative estimate of drug-likeness (QED) is 0.554. The Morgan fingerprint density at radius 1 is 1.15 bits per heavy atom. The summed E-state index contributed by atoms with van der Waals surface area (Å²) in [5, 5.41) is 0.924.